The molecule has 2 amide bonds. The van der Waals surface area contributed by atoms with Crippen LogP contribution >= 0.6 is 0 Å². The molecule has 0 aromatic rings. The van der Waals surface area contributed by atoms with Gasteiger partial charge in [-0.1, -0.05) is 26.2 Å². The van der Waals surface area contributed by atoms with Crippen molar-refractivity contribution in [3.05, 3.63) is 0 Å². The maximum Gasteiger partial charge on any atom is 0.317 e. The molecule has 0 aliphatic heterocycles. The van der Waals surface area contributed by atoms with Crippen molar-refractivity contribution in [3.63, 3.8) is 0 Å². The lowest BCUT2D eigenvalue weighted by Crippen LogP contribution is -2.37. The Morgan fingerprint density at radius 2 is 1.92 bits per heavy atom. The maximum absolute atomic E-state index is 11.2. The first-order valence-electron chi connectivity index (χ1n) is 5.21. The highest BCUT2D eigenvalue weighted by atomic mass is 16.2. The normalized spacial score (nSPS) is 9.77. The summed E-state index contributed by atoms with van der Waals surface area (Å²) in [5, 5.41) is 2.88. The van der Waals surface area contributed by atoms with Crippen LogP contribution in [0.1, 0.15) is 39.5 Å². The highest BCUT2D eigenvalue weighted by Gasteiger charge is 2.03. The van der Waals surface area contributed by atoms with E-state index in [2.05, 4.69) is 12.2 Å². The molecule has 0 radical (unpaired) electrons. The molecule has 0 rings (SSSR count). The Morgan fingerprint density at radius 1 is 1.23 bits per heavy atom. The van der Waals surface area contributed by atoms with Crippen molar-refractivity contribution in [3.8, 4) is 0 Å². The second-order valence-electron chi connectivity index (χ2n) is 3.31. The molecule has 0 aromatic heterocycles. The molecule has 0 heterocycles. The third-order valence-corrected chi connectivity index (χ3v) is 2.13. The maximum atomic E-state index is 11.2. The van der Waals surface area contributed by atoms with Gasteiger partial charge in [-0.05, 0) is 13.3 Å². The Labute approximate surface area is 81.5 Å². The predicted octanol–water partition coefficient (Wildman–Crippen LogP) is 2.23. The first-order valence-corrected chi connectivity index (χ1v) is 5.21. The molecule has 0 bridgehead atoms. The fraction of sp³-hybridized carbons (Fsp3) is 0.900. The molecule has 0 saturated heterocycles. The molecule has 3 nitrogen and oxygen atoms in total. The van der Waals surface area contributed by atoms with E-state index in [1.54, 1.807) is 11.9 Å². The summed E-state index contributed by atoms with van der Waals surface area (Å²) < 4.78 is 0. The molecule has 0 unspecified atom stereocenters. The Morgan fingerprint density at radius 3 is 2.46 bits per heavy atom. The highest BCUT2D eigenvalue weighted by molar-refractivity contribution is 5.73. The molecule has 0 aliphatic rings. The third kappa shape index (κ3) is 6.43. The van der Waals surface area contributed by atoms with Gasteiger partial charge >= 0.3 is 6.03 Å². The summed E-state index contributed by atoms with van der Waals surface area (Å²) in [6, 6.07) is 0.0407. The molecule has 0 fully saturated rings. The zero-order chi connectivity index (χ0) is 10.1. The number of amides is 2. The smallest absolute Gasteiger partial charge is 0.317 e. The largest absolute Gasteiger partial charge is 0.338 e. The Bertz CT molecular complexity index is 137. The molecule has 0 aliphatic carbocycles. The van der Waals surface area contributed by atoms with Crippen LogP contribution in [0.3, 0.4) is 0 Å². The molecule has 13 heavy (non-hydrogen) atoms. The SMILES string of the molecule is CCCCCCNC(=O)N(C)CC. The minimum absolute atomic E-state index is 0.0407. The number of carbonyl (C=O) groups is 1. The fourth-order valence-corrected chi connectivity index (χ4v) is 1.03. The molecule has 0 spiro atoms. The summed E-state index contributed by atoms with van der Waals surface area (Å²) in [5.74, 6) is 0. The van der Waals surface area contributed by atoms with Gasteiger partial charge in [0.05, 0.1) is 0 Å². The average molecular weight is 186 g/mol. The molecule has 0 atom stereocenters. The van der Waals surface area contributed by atoms with Crippen LogP contribution in [0.2, 0.25) is 0 Å². The van der Waals surface area contributed by atoms with Crippen LogP contribution < -0.4 is 5.32 Å². The molecular formula is C10H22N2O. The van der Waals surface area contributed by atoms with Crippen LogP contribution in [0.25, 0.3) is 0 Å². The van der Waals surface area contributed by atoms with Gasteiger partial charge in [0.15, 0.2) is 0 Å². The topological polar surface area (TPSA) is 32.3 Å². The van der Waals surface area contributed by atoms with E-state index in [9.17, 15) is 4.79 Å². The van der Waals surface area contributed by atoms with Gasteiger partial charge in [0.25, 0.3) is 0 Å². The number of carbonyl (C=O) groups excluding carboxylic acids is 1. The first kappa shape index (κ1) is 12.3. The zero-order valence-corrected chi connectivity index (χ0v) is 9.10. The zero-order valence-electron chi connectivity index (χ0n) is 9.10. The van der Waals surface area contributed by atoms with Crippen molar-refractivity contribution < 1.29 is 4.79 Å². The predicted molar refractivity (Wildman–Crippen MR) is 55.8 cm³/mol. The summed E-state index contributed by atoms with van der Waals surface area (Å²) in [7, 11) is 1.81. The molecular weight excluding hydrogens is 164 g/mol. The number of nitrogens with one attached hydrogen (secondary N) is 1. The summed E-state index contributed by atoms with van der Waals surface area (Å²) in [6.07, 6.45) is 4.81. The summed E-state index contributed by atoms with van der Waals surface area (Å²) in [4.78, 5) is 12.9. The van der Waals surface area contributed by atoms with Crippen molar-refractivity contribution in [1.82, 2.24) is 10.2 Å². The summed E-state index contributed by atoms with van der Waals surface area (Å²) in [6.45, 7) is 5.73. The van der Waals surface area contributed by atoms with Crippen molar-refractivity contribution >= 4 is 6.03 Å². The van der Waals surface area contributed by atoms with Crippen molar-refractivity contribution in [1.29, 1.82) is 0 Å². The van der Waals surface area contributed by atoms with Crippen molar-refractivity contribution in [2.24, 2.45) is 0 Å². The number of unbranched alkanes of at least 4 members (excludes halogenated alkanes) is 3. The lowest BCUT2D eigenvalue weighted by Gasteiger charge is -2.15. The van der Waals surface area contributed by atoms with Crippen LogP contribution in [-0.2, 0) is 0 Å². The number of hydrogen-bond acceptors (Lipinski definition) is 1. The first-order chi connectivity index (χ1) is 6.22. The van der Waals surface area contributed by atoms with Gasteiger partial charge in [0.1, 0.15) is 0 Å². The molecule has 1 N–H and O–H groups in total. The van der Waals surface area contributed by atoms with Crippen LogP contribution in [0.4, 0.5) is 4.79 Å². The van der Waals surface area contributed by atoms with Gasteiger partial charge in [-0.25, -0.2) is 4.79 Å². The van der Waals surface area contributed by atoms with Gasteiger partial charge in [-0.2, -0.15) is 0 Å². The van der Waals surface area contributed by atoms with Crippen LogP contribution in [-0.4, -0.2) is 31.1 Å². The van der Waals surface area contributed by atoms with E-state index in [-0.39, 0.29) is 6.03 Å². The Kier molecular flexibility index (Phi) is 7.45. The highest BCUT2D eigenvalue weighted by Crippen LogP contribution is 1.97. The molecule has 78 valence electrons. The third-order valence-electron chi connectivity index (χ3n) is 2.13. The lowest BCUT2D eigenvalue weighted by atomic mass is 10.2. The van der Waals surface area contributed by atoms with E-state index >= 15 is 0 Å². The van der Waals surface area contributed by atoms with E-state index in [0.29, 0.717) is 0 Å². The van der Waals surface area contributed by atoms with E-state index < -0.39 is 0 Å². The Hall–Kier alpha value is -0.730. The number of hydrogen-bond donors (Lipinski definition) is 1. The standard InChI is InChI=1S/C10H22N2O/c1-4-6-7-8-9-11-10(13)12(3)5-2/h4-9H2,1-3H3,(H,11,13). The van der Waals surface area contributed by atoms with E-state index in [1.165, 1.54) is 19.3 Å². The second kappa shape index (κ2) is 7.90. The molecule has 3 heteroatoms. The van der Waals surface area contributed by atoms with E-state index in [0.717, 1.165) is 19.5 Å². The van der Waals surface area contributed by atoms with Gasteiger partial charge in [0.2, 0.25) is 0 Å². The number of rotatable bonds is 6. The second-order valence-corrected chi connectivity index (χ2v) is 3.31. The van der Waals surface area contributed by atoms with Gasteiger partial charge < -0.3 is 10.2 Å². The minimum Gasteiger partial charge on any atom is -0.338 e. The van der Waals surface area contributed by atoms with E-state index in [1.807, 2.05) is 6.92 Å². The Balaban J connectivity index is 3.27. The molecule has 0 aromatic carbocycles. The van der Waals surface area contributed by atoms with Gasteiger partial charge in [-0.3, -0.25) is 0 Å². The van der Waals surface area contributed by atoms with Crippen molar-refractivity contribution in [2.45, 2.75) is 39.5 Å². The monoisotopic (exact) mass is 186 g/mol. The quantitative estimate of drug-likeness (QED) is 0.634. The fourth-order valence-electron chi connectivity index (χ4n) is 1.03. The summed E-state index contributed by atoms with van der Waals surface area (Å²) >= 11 is 0. The lowest BCUT2D eigenvalue weighted by molar-refractivity contribution is 0.211. The van der Waals surface area contributed by atoms with Gasteiger partial charge in [0, 0.05) is 20.1 Å². The van der Waals surface area contributed by atoms with Crippen LogP contribution in [0.15, 0.2) is 0 Å². The molecule has 0 saturated carbocycles. The van der Waals surface area contributed by atoms with Crippen LogP contribution in [0, 0.1) is 0 Å². The average Bonchev–Trinajstić information content (AvgIpc) is 2.16. The summed E-state index contributed by atoms with van der Waals surface area (Å²) in [5.41, 5.74) is 0. The van der Waals surface area contributed by atoms with E-state index in [4.69, 9.17) is 0 Å². The minimum atomic E-state index is 0.0407. The van der Waals surface area contributed by atoms with Gasteiger partial charge in [-0.15, -0.1) is 0 Å². The van der Waals surface area contributed by atoms with Crippen LogP contribution in [0.5, 0.6) is 0 Å². The van der Waals surface area contributed by atoms with Crippen molar-refractivity contribution in [2.75, 3.05) is 20.1 Å². The number of urea groups is 1. The number of nitrogens with zero attached hydrogens (tertiary/aromatic N) is 1.